The molecule has 1 heterocycles. The third-order valence-corrected chi connectivity index (χ3v) is 4.30. The fourth-order valence-corrected chi connectivity index (χ4v) is 2.74. The number of hydrogen-bond donors (Lipinski definition) is 3. The summed E-state index contributed by atoms with van der Waals surface area (Å²) in [6.45, 7) is 1.98. The lowest BCUT2D eigenvalue weighted by Crippen LogP contribution is -2.30. The van der Waals surface area contributed by atoms with Gasteiger partial charge in [0.1, 0.15) is 12.1 Å². The summed E-state index contributed by atoms with van der Waals surface area (Å²) in [6.07, 6.45) is 1.91. The second kappa shape index (κ2) is 9.32. The van der Waals surface area contributed by atoms with Crippen LogP contribution in [0.3, 0.4) is 0 Å². The number of methoxy groups -OCH3 is 1. The van der Waals surface area contributed by atoms with Crippen molar-refractivity contribution < 1.29 is 14.5 Å². The van der Waals surface area contributed by atoms with Crippen LogP contribution in [0.1, 0.15) is 22.8 Å². The van der Waals surface area contributed by atoms with E-state index in [9.17, 15) is 14.9 Å². The quantitative estimate of drug-likeness (QED) is 0.381. The Morgan fingerprint density at radius 2 is 1.80 bits per heavy atom. The zero-order valence-corrected chi connectivity index (χ0v) is 16.4. The van der Waals surface area contributed by atoms with E-state index in [0.717, 1.165) is 12.0 Å². The maximum Gasteiger partial charge on any atom is 0.355 e. The monoisotopic (exact) mass is 408 g/mol. The first-order valence-electron chi connectivity index (χ1n) is 9.08. The molecule has 0 aliphatic carbocycles. The van der Waals surface area contributed by atoms with Gasteiger partial charge in [-0.2, -0.15) is 0 Å². The van der Waals surface area contributed by atoms with Crippen molar-refractivity contribution in [1.29, 1.82) is 0 Å². The van der Waals surface area contributed by atoms with Crippen LogP contribution < -0.4 is 20.9 Å². The van der Waals surface area contributed by atoms with Crippen molar-refractivity contribution in [3.05, 3.63) is 76.1 Å². The summed E-state index contributed by atoms with van der Waals surface area (Å²) >= 11 is 0. The number of hydrogen-bond acceptors (Lipinski definition) is 8. The maximum absolute atomic E-state index is 12.3. The number of nitrogens with one attached hydrogen (secondary N) is 3. The van der Waals surface area contributed by atoms with Gasteiger partial charge in [0.25, 0.3) is 5.91 Å². The zero-order valence-electron chi connectivity index (χ0n) is 16.4. The predicted octanol–water partition coefficient (Wildman–Crippen LogP) is 3.46. The maximum atomic E-state index is 12.3. The molecule has 3 N–H and O–H groups in total. The molecule has 1 aromatic heterocycles. The summed E-state index contributed by atoms with van der Waals surface area (Å²) in [5, 5.41) is 14.7. The lowest BCUT2D eigenvalue weighted by molar-refractivity contribution is -0.383. The van der Waals surface area contributed by atoms with Gasteiger partial charge in [0.15, 0.2) is 0 Å². The summed E-state index contributed by atoms with van der Waals surface area (Å²) in [6, 6.07) is 13.8. The topological polar surface area (TPSA) is 131 Å². The van der Waals surface area contributed by atoms with E-state index in [1.165, 1.54) is 13.4 Å². The van der Waals surface area contributed by atoms with E-state index in [1.54, 1.807) is 24.3 Å². The molecule has 3 rings (SSSR count). The first-order chi connectivity index (χ1) is 14.5. The van der Waals surface area contributed by atoms with Crippen LogP contribution >= 0.6 is 0 Å². The van der Waals surface area contributed by atoms with E-state index in [1.807, 2.05) is 31.2 Å². The van der Waals surface area contributed by atoms with E-state index in [2.05, 4.69) is 26.1 Å². The molecule has 3 aromatic rings. The third kappa shape index (κ3) is 4.61. The average Bonchev–Trinajstić information content (AvgIpc) is 2.77. The van der Waals surface area contributed by atoms with E-state index in [-0.39, 0.29) is 11.6 Å². The van der Waals surface area contributed by atoms with Crippen molar-refractivity contribution in [2.24, 2.45) is 0 Å². The molecule has 10 heteroatoms. The number of nitro groups is 1. The summed E-state index contributed by atoms with van der Waals surface area (Å²) in [7, 11) is 1.52. The molecule has 0 unspecified atom stereocenters. The number of benzene rings is 2. The number of para-hydroxylation sites is 1. The lowest BCUT2D eigenvalue weighted by Gasteiger charge is -2.13. The number of anilines is 3. The summed E-state index contributed by atoms with van der Waals surface area (Å²) in [4.78, 5) is 31.3. The van der Waals surface area contributed by atoms with Crippen molar-refractivity contribution in [2.45, 2.75) is 13.3 Å². The lowest BCUT2D eigenvalue weighted by atomic mass is 10.1. The van der Waals surface area contributed by atoms with Crippen molar-refractivity contribution >= 4 is 28.9 Å². The van der Waals surface area contributed by atoms with Gasteiger partial charge in [-0.1, -0.05) is 25.1 Å². The number of aryl methyl sites for hydroxylation is 1. The largest absolute Gasteiger partial charge is 0.497 e. The fourth-order valence-electron chi connectivity index (χ4n) is 2.74. The van der Waals surface area contributed by atoms with Crippen molar-refractivity contribution in [3.8, 4) is 5.75 Å². The Labute approximate surface area is 172 Å². The Hall–Kier alpha value is -4.21. The highest BCUT2D eigenvalue weighted by atomic mass is 16.6. The third-order valence-electron chi connectivity index (χ3n) is 4.30. The minimum Gasteiger partial charge on any atom is -0.497 e. The van der Waals surface area contributed by atoms with Gasteiger partial charge >= 0.3 is 5.69 Å². The fraction of sp³-hybridized carbons (Fsp3) is 0.150. The summed E-state index contributed by atoms with van der Waals surface area (Å²) < 4.78 is 5.05. The van der Waals surface area contributed by atoms with E-state index in [0.29, 0.717) is 17.0 Å². The highest BCUT2D eigenvalue weighted by Gasteiger charge is 2.24. The number of aromatic nitrogens is 2. The molecular formula is C20H20N6O4. The highest BCUT2D eigenvalue weighted by molar-refractivity contribution is 5.95. The van der Waals surface area contributed by atoms with Crippen LogP contribution in [-0.2, 0) is 6.42 Å². The van der Waals surface area contributed by atoms with Gasteiger partial charge in [-0.15, -0.1) is 0 Å². The zero-order chi connectivity index (χ0) is 21.5. The van der Waals surface area contributed by atoms with E-state index in [4.69, 9.17) is 4.74 Å². The summed E-state index contributed by atoms with van der Waals surface area (Å²) in [5.74, 6) is -0.0177. The molecule has 30 heavy (non-hydrogen) atoms. The number of amides is 1. The molecule has 0 aliphatic rings. The minimum atomic E-state index is -0.612. The molecule has 0 atom stereocenters. The molecule has 0 saturated carbocycles. The summed E-state index contributed by atoms with van der Waals surface area (Å²) in [5.41, 5.74) is 6.56. The highest BCUT2D eigenvalue weighted by Crippen LogP contribution is 2.31. The Bertz CT molecular complexity index is 1060. The Kier molecular flexibility index (Phi) is 6.38. The Morgan fingerprint density at radius 3 is 2.47 bits per heavy atom. The van der Waals surface area contributed by atoms with Gasteiger partial charge < -0.3 is 10.1 Å². The van der Waals surface area contributed by atoms with Crippen LogP contribution in [0.15, 0.2) is 54.9 Å². The molecule has 0 bridgehead atoms. The number of nitrogens with zero attached hydrogens (tertiary/aromatic N) is 3. The van der Waals surface area contributed by atoms with Gasteiger partial charge in [0.05, 0.1) is 12.0 Å². The Morgan fingerprint density at radius 1 is 1.10 bits per heavy atom. The number of carbonyl (C=O) groups excluding carboxylic acids is 1. The Balaban J connectivity index is 1.82. The van der Waals surface area contributed by atoms with Crippen molar-refractivity contribution in [3.63, 3.8) is 0 Å². The van der Waals surface area contributed by atoms with E-state index >= 15 is 0 Å². The van der Waals surface area contributed by atoms with Gasteiger partial charge in [-0.05, 0) is 42.3 Å². The van der Waals surface area contributed by atoms with Crippen molar-refractivity contribution in [2.75, 3.05) is 17.9 Å². The van der Waals surface area contributed by atoms with Crippen LogP contribution in [0.4, 0.5) is 23.0 Å². The smallest absolute Gasteiger partial charge is 0.355 e. The first-order valence-corrected chi connectivity index (χ1v) is 9.08. The van der Waals surface area contributed by atoms with Crippen LogP contribution in [0.2, 0.25) is 0 Å². The van der Waals surface area contributed by atoms with Gasteiger partial charge in [0.2, 0.25) is 11.6 Å². The molecule has 2 aromatic carbocycles. The normalized spacial score (nSPS) is 10.2. The van der Waals surface area contributed by atoms with E-state index < -0.39 is 16.5 Å². The number of rotatable bonds is 8. The molecule has 0 radical (unpaired) electrons. The standard InChI is InChI=1S/C20H20N6O4/c1-3-13-6-4-5-7-16(13)23-18-17(26(28)29)19(22-12-21-18)24-25-20(27)14-8-10-15(30-2)11-9-14/h4-12H,3H2,1-2H3,(H,25,27)(H2,21,22,23,24). The molecule has 0 saturated heterocycles. The van der Waals surface area contributed by atoms with Gasteiger partial charge in [-0.25, -0.2) is 9.97 Å². The molecule has 154 valence electrons. The van der Waals surface area contributed by atoms with Gasteiger partial charge in [-0.3, -0.25) is 25.8 Å². The molecule has 0 fully saturated rings. The molecule has 0 spiro atoms. The van der Waals surface area contributed by atoms with Crippen LogP contribution in [0.5, 0.6) is 5.75 Å². The second-order valence-corrected chi connectivity index (χ2v) is 6.12. The predicted molar refractivity (Wildman–Crippen MR) is 112 cm³/mol. The van der Waals surface area contributed by atoms with Crippen LogP contribution in [0, 0.1) is 10.1 Å². The number of hydrazine groups is 1. The molecule has 0 aliphatic heterocycles. The second-order valence-electron chi connectivity index (χ2n) is 6.12. The number of ether oxygens (including phenoxy) is 1. The van der Waals surface area contributed by atoms with Crippen LogP contribution in [0.25, 0.3) is 0 Å². The number of carbonyl (C=O) groups is 1. The first kappa shape index (κ1) is 20.5. The van der Waals surface area contributed by atoms with Crippen molar-refractivity contribution in [1.82, 2.24) is 15.4 Å². The SMILES string of the molecule is CCc1ccccc1Nc1ncnc(NNC(=O)c2ccc(OC)cc2)c1[N+](=O)[O-]. The molecule has 1 amide bonds. The minimum absolute atomic E-state index is 0.0112. The molecule has 10 nitrogen and oxygen atoms in total. The van der Waals surface area contributed by atoms with Gasteiger partial charge in [0, 0.05) is 11.3 Å². The molecular weight excluding hydrogens is 388 g/mol. The average molecular weight is 408 g/mol. The van der Waals surface area contributed by atoms with Crippen LogP contribution in [-0.4, -0.2) is 27.9 Å².